The molecule has 3 aliphatic rings. The number of amides is 5. The Bertz CT molecular complexity index is 1540. The lowest BCUT2D eigenvalue weighted by Gasteiger charge is -2.37. The van der Waals surface area contributed by atoms with Crippen LogP contribution in [0, 0.1) is 29.6 Å². The molecule has 366 valence electrons. The summed E-state index contributed by atoms with van der Waals surface area (Å²) < 4.78 is 33.5. The van der Waals surface area contributed by atoms with Crippen molar-refractivity contribution in [2.75, 3.05) is 26.7 Å². The van der Waals surface area contributed by atoms with Gasteiger partial charge in [0, 0.05) is 38.9 Å². The second-order valence-electron chi connectivity index (χ2n) is 17.7. The Hall–Kier alpha value is -4.43. The van der Waals surface area contributed by atoms with Gasteiger partial charge >= 0.3 is 6.09 Å². The molecular weight excluding hydrogens is 825 g/mol. The van der Waals surface area contributed by atoms with Crippen LogP contribution in [0.25, 0.3) is 0 Å². The highest BCUT2D eigenvalue weighted by Gasteiger charge is 2.48. The summed E-state index contributed by atoms with van der Waals surface area (Å²) in [4.78, 5) is 87.4. The SMILES string of the molecule is C=C/C=C\C=C/C(C)C(C)C(=O)N(C)CC.CC.CC(=O)CNC=O.CCC[C@H]1CCN(C(=O)C(NC(=O)OC(C)(C)CC)C2CCC(F)(F)CC2)C1C(=O)NC(CC1CC1)C(C)=O. The van der Waals surface area contributed by atoms with Gasteiger partial charge in [0.25, 0.3) is 0 Å². The number of hydrogen-bond acceptors (Lipinski definition) is 8. The van der Waals surface area contributed by atoms with Crippen molar-refractivity contribution in [1.82, 2.24) is 25.8 Å². The molecule has 15 heteroatoms. The van der Waals surface area contributed by atoms with Crippen LogP contribution in [0.5, 0.6) is 0 Å². The van der Waals surface area contributed by atoms with Crippen LogP contribution in [0.3, 0.4) is 0 Å². The normalized spacial score (nSPS) is 20.0. The van der Waals surface area contributed by atoms with Crippen molar-refractivity contribution < 1.29 is 47.1 Å². The first-order valence-corrected chi connectivity index (χ1v) is 23.4. The number of likely N-dealkylation sites (tertiary alicyclic amines) is 1. The Balaban J connectivity index is 0.00000131. The molecule has 6 atom stereocenters. The molecule has 2 saturated carbocycles. The molecule has 5 unspecified atom stereocenters. The van der Waals surface area contributed by atoms with Crippen molar-refractivity contribution in [2.24, 2.45) is 29.6 Å². The van der Waals surface area contributed by atoms with Crippen LogP contribution in [0.15, 0.2) is 37.0 Å². The zero-order chi connectivity index (χ0) is 49.2. The quantitative estimate of drug-likeness (QED) is 0.0762. The average Bonchev–Trinajstić information content (AvgIpc) is 3.98. The fraction of sp³-hybridized carbons (Fsp3) is 0.735. The highest BCUT2D eigenvalue weighted by molar-refractivity contribution is 5.94. The Kier molecular flexibility index (Phi) is 28.5. The summed E-state index contributed by atoms with van der Waals surface area (Å²) in [5, 5.41) is 7.83. The Morgan fingerprint density at radius 2 is 1.55 bits per heavy atom. The third kappa shape index (κ3) is 22.5. The lowest BCUT2D eigenvalue weighted by atomic mass is 9.81. The molecule has 0 aromatic heterocycles. The van der Waals surface area contributed by atoms with Crippen LogP contribution in [0.2, 0.25) is 0 Å². The van der Waals surface area contributed by atoms with E-state index in [0.717, 1.165) is 32.2 Å². The largest absolute Gasteiger partial charge is 0.444 e. The van der Waals surface area contributed by atoms with Gasteiger partial charge in [0.15, 0.2) is 5.78 Å². The van der Waals surface area contributed by atoms with E-state index in [1.807, 2.05) is 72.9 Å². The number of nitrogens with one attached hydrogen (secondary N) is 3. The zero-order valence-corrected chi connectivity index (χ0v) is 41.1. The summed E-state index contributed by atoms with van der Waals surface area (Å²) in [7, 11) is 1.84. The molecule has 5 amide bonds. The molecule has 13 nitrogen and oxygen atoms in total. The van der Waals surface area contributed by atoms with Crippen molar-refractivity contribution in [3.63, 3.8) is 0 Å². The van der Waals surface area contributed by atoms with E-state index in [0.29, 0.717) is 38.1 Å². The number of ketones is 2. The van der Waals surface area contributed by atoms with E-state index >= 15 is 0 Å². The average molecular weight is 908 g/mol. The van der Waals surface area contributed by atoms with Crippen LogP contribution in [0.1, 0.15) is 147 Å². The Morgan fingerprint density at radius 1 is 0.938 bits per heavy atom. The first-order valence-electron chi connectivity index (χ1n) is 23.4. The molecule has 3 rings (SSSR count). The minimum atomic E-state index is -2.79. The van der Waals surface area contributed by atoms with Gasteiger partial charge in [0.1, 0.15) is 23.5 Å². The van der Waals surface area contributed by atoms with Crippen LogP contribution >= 0.6 is 0 Å². The van der Waals surface area contributed by atoms with Crippen molar-refractivity contribution in [1.29, 1.82) is 0 Å². The first kappa shape index (κ1) is 59.6. The van der Waals surface area contributed by atoms with Gasteiger partial charge in [0.2, 0.25) is 30.1 Å². The number of halogens is 2. The Labute approximate surface area is 383 Å². The van der Waals surface area contributed by atoms with E-state index in [2.05, 4.69) is 29.5 Å². The van der Waals surface area contributed by atoms with E-state index in [4.69, 9.17) is 4.74 Å². The molecule has 0 bridgehead atoms. The summed E-state index contributed by atoms with van der Waals surface area (Å²) in [6, 6.07) is -2.45. The van der Waals surface area contributed by atoms with Crippen LogP contribution in [-0.2, 0) is 33.5 Å². The van der Waals surface area contributed by atoms with Gasteiger partial charge in [-0.15, -0.1) is 0 Å². The number of Topliss-reactive ketones (excluding diaryl/α,β-unsaturated/α-hetero) is 2. The maximum atomic E-state index is 14.1. The number of alkyl carbamates (subject to hydrolysis) is 1. The summed E-state index contributed by atoms with van der Waals surface area (Å²) in [5.41, 5.74) is -0.761. The zero-order valence-electron chi connectivity index (χ0n) is 41.1. The van der Waals surface area contributed by atoms with Crippen molar-refractivity contribution in [3.05, 3.63) is 37.0 Å². The predicted molar refractivity (Wildman–Crippen MR) is 249 cm³/mol. The number of allylic oxidation sites excluding steroid dienone is 5. The van der Waals surface area contributed by atoms with Crippen molar-refractivity contribution >= 4 is 41.8 Å². The second-order valence-corrected chi connectivity index (χ2v) is 17.7. The van der Waals surface area contributed by atoms with E-state index in [-0.39, 0.29) is 73.4 Å². The first-order chi connectivity index (χ1) is 30.1. The van der Waals surface area contributed by atoms with Gasteiger partial charge in [-0.3, -0.25) is 28.8 Å². The number of hydrogen-bond donors (Lipinski definition) is 3. The fourth-order valence-corrected chi connectivity index (χ4v) is 7.30. The molecule has 0 aromatic rings. The van der Waals surface area contributed by atoms with Gasteiger partial charge in [-0.05, 0) is 96.8 Å². The highest BCUT2D eigenvalue weighted by atomic mass is 19.3. The number of carbonyl (C=O) groups is 7. The molecule has 64 heavy (non-hydrogen) atoms. The fourth-order valence-electron chi connectivity index (χ4n) is 7.30. The van der Waals surface area contributed by atoms with E-state index in [9.17, 15) is 42.3 Å². The van der Waals surface area contributed by atoms with Gasteiger partial charge in [-0.25, -0.2) is 13.6 Å². The molecule has 1 saturated heterocycles. The van der Waals surface area contributed by atoms with Gasteiger partial charge in [0.05, 0.1) is 12.6 Å². The van der Waals surface area contributed by atoms with E-state index in [1.165, 1.54) is 18.7 Å². The topological polar surface area (TPSA) is 171 Å². The molecule has 1 aliphatic heterocycles. The molecule has 0 aromatic carbocycles. The summed E-state index contributed by atoms with van der Waals surface area (Å²) >= 11 is 0. The maximum absolute atomic E-state index is 14.1. The van der Waals surface area contributed by atoms with Gasteiger partial charge in [-0.2, -0.15) is 0 Å². The predicted octanol–water partition coefficient (Wildman–Crippen LogP) is 8.37. The third-order valence-electron chi connectivity index (χ3n) is 12.0. The minimum Gasteiger partial charge on any atom is -0.444 e. The monoisotopic (exact) mass is 908 g/mol. The Morgan fingerprint density at radius 3 is 2.02 bits per heavy atom. The van der Waals surface area contributed by atoms with Crippen molar-refractivity contribution in [3.8, 4) is 0 Å². The molecular formula is C49H83F2N5O8. The lowest BCUT2D eigenvalue weighted by Crippen LogP contribution is -2.59. The van der Waals surface area contributed by atoms with E-state index in [1.54, 1.807) is 24.8 Å². The second kappa shape index (κ2) is 30.7. The highest BCUT2D eigenvalue weighted by Crippen LogP contribution is 2.39. The van der Waals surface area contributed by atoms with Crippen LogP contribution in [0.4, 0.5) is 13.6 Å². The van der Waals surface area contributed by atoms with Gasteiger partial charge < -0.3 is 30.5 Å². The van der Waals surface area contributed by atoms with Crippen LogP contribution < -0.4 is 16.0 Å². The van der Waals surface area contributed by atoms with Gasteiger partial charge in [-0.1, -0.05) is 97.8 Å². The molecule has 1 heterocycles. The summed E-state index contributed by atoms with van der Waals surface area (Å²) in [6.07, 6.45) is 14.1. The maximum Gasteiger partial charge on any atom is 0.408 e. The molecule has 3 fully saturated rings. The summed E-state index contributed by atoms with van der Waals surface area (Å²) in [6.45, 7) is 25.1. The molecule has 2 aliphatic carbocycles. The number of rotatable bonds is 21. The number of nitrogens with zero attached hydrogens (tertiary/aromatic N) is 2. The lowest BCUT2D eigenvalue weighted by molar-refractivity contribution is -0.143. The van der Waals surface area contributed by atoms with Crippen LogP contribution in [-0.4, -0.2) is 108 Å². The molecule has 3 N–H and O–H groups in total. The smallest absolute Gasteiger partial charge is 0.408 e. The van der Waals surface area contributed by atoms with Crippen molar-refractivity contribution in [2.45, 2.75) is 176 Å². The molecule has 0 spiro atoms. The number of alkyl halides is 2. The number of ether oxygens (including phenoxy) is 1. The van der Waals surface area contributed by atoms with E-state index < -0.39 is 47.6 Å². The summed E-state index contributed by atoms with van der Waals surface area (Å²) in [5.74, 6) is -3.42. The number of carbonyl (C=O) groups excluding carboxylic acids is 7. The molecule has 0 radical (unpaired) electrons. The minimum absolute atomic E-state index is 0.0262. The third-order valence-corrected chi connectivity index (χ3v) is 12.0. The standard InChI is InChI=1S/C29H47F2N3O5.C14H23NO.C4H7NO2.C2H6/c1-6-8-21-13-16-34(24(21)25(36)32-22(18(3)35)17-19-9-10-19)26(37)23(20-11-14-29(30,31)15-12-20)33-27(38)39-28(4,5)7-2;1-6-8-9-10-11-12(3)13(4)14(16)15(5)7-2;1-4(7)2-5-3-6;1-2/h19-24H,6-17H2,1-5H3,(H,32,36)(H,33,38);6,8-13H,1,7H2,2-5H3;3H,2H2,1H3,(H,5,6);1-2H3/b;9-8-,11-10-;;/t21-,22?,23?,24?;;;/m0.../s1.